The molecule has 0 rings (SSSR count). The highest BCUT2D eigenvalue weighted by Crippen LogP contribution is 2.13. The highest BCUT2D eigenvalue weighted by atomic mass is 19.4. The number of carboxylic acid groups (broad SMARTS) is 1. The Bertz CT molecular complexity index is 133. The number of carbonyl (C=O) groups excluding carboxylic acids is 1. The molecule has 0 aliphatic heterocycles. The molecule has 66 valence electrons. The molecule has 3 N–H and O–H groups in total. The number of amides is 1. The van der Waals surface area contributed by atoms with Gasteiger partial charge in [0.05, 0.1) is 0 Å². The Hall–Kier alpha value is -1.31. The number of carboxylic acids is 1. The fourth-order valence-corrected chi connectivity index (χ4v) is 0. The molecule has 0 aliphatic rings. The lowest BCUT2D eigenvalue weighted by atomic mass is 10.7. The number of alkyl halides is 3. The highest BCUT2D eigenvalue weighted by molar-refractivity contribution is 5.73. The summed E-state index contributed by atoms with van der Waals surface area (Å²) in [5.74, 6) is -2.76. The van der Waals surface area contributed by atoms with Crippen LogP contribution in [0, 0.1) is 0 Å². The van der Waals surface area contributed by atoms with Gasteiger partial charge in [-0.1, -0.05) is 0 Å². The number of nitrogens with one attached hydrogen (secondary N) is 1. The molecule has 0 saturated carbocycles. The topological polar surface area (TPSA) is 86.6 Å². The van der Waals surface area contributed by atoms with Gasteiger partial charge in [-0.05, 0) is 0 Å². The number of halogens is 3. The van der Waals surface area contributed by atoms with E-state index in [-0.39, 0.29) is 6.41 Å². The van der Waals surface area contributed by atoms with Crippen molar-refractivity contribution in [2.24, 2.45) is 0 Å². The number of aliphatic carboxylic acids is 1. The fourth-order valence-electron chi connectivity index (χ4n) is 0. The molecule has 8 heteroatoms. The molecule has 0 aliphatic carbocycles. The van der Waals surface area contributed by atoms with E-state index in [0.29, 0.717) is 0 Å². The average Bonchev–Trinajstić information content (AvgIpc) is 1.87. The summed E-state index contributed by atoms with van der Waals surface area (Å²) >= 11 is 0. The van der Waals surface area contributed by atoms with Gasteiger partial charge in [0.1, 0.15) is 0 Å². The van der Waals surface area contributed by atoms with Crippen LogP contribution >= 0.6 is 0 Å². The summed E-state index contributed by atoms with van der Waals surface area (Å²) in [7, 11) is 0. The van der Waals surface area contributed by atoms with Crippen molar-refractivity contribution in [3.8, 4) is 0 Å². The second-order valence-electron chi connectivity index (χ2n) is 1.05. The molecule has 1 amide bonds. The first kappa shape index (κ1) is 12.4. The number of rotatable bonds is 1. The maximum atomic E-state index is 10.6. The monoisotopic (exact) mass is 175 g/mol. The van der Waals surface area contributed by atoms with E-state index in [1.165, 1.54) is 5.48 Å². The van der Waals surface area contributed by atoms with Gasteiger partial charge >= 0.3 is 12.1 Å². The van der Waals surface area contributed by atoms with E-state index >= 15 is 0 Å². The lowest BCUT2D eigenvalue weighted by Gasteiger charge is -1.93. The van der Waals surface area contributed by atoms with Crippen LogP contribution in [0.2, 0.25) is 0 Å². The van der Waals surface area contributed by atoms with Crippen molar-refractivity contribution in [1.82, 2.24) is 5.48 Å². The van der Waals surface area contributed by atoms with Gasteiger partial charge in [-0.2, -0.15) is 13.2 Å². The van der Waals surface area contributed by atoms with E-state index in [1.54, 1.807) is 0 Å². The first-order valence-corrected chi connectivity index (χ1v) is 1.99. The first-order valence-electron chi connectivity index (χ1n) is 1.99. The molecule has 0 saturated heterocycles. The van der Waals surface area contributed by atoms with Gasteiger partial charge in [0.25, 0.3) is 0 Å². The van der Waals surface area contributed by atoms with Crippen LogP contribution in [0.25, 0.3) is 0 Å². The lowest BCUT2D eigenvalue weighted by Crippen LogP contribution is -2.21. The Kier molecular flexibility index (Phi) is 6.16. The molecule has 0 unspecified atom stereocenters. The van der Waals surface area contributed by atoms with Crippen LogP contribution in [0.15, 0.2) is 0 Å². The molecule has 0 aromatic heterocycles. The third-order valence-electron chi connectivity index (χ3n) is 0.295. The molecule has 0 fully saturated rings. The Morgan fingerprint density at radius 1 is 1.45 bits per heavy atom. The predicted octanol–water partition coefficient (Wildman–Crippen LogP) is -0.245. The van der Waals surface area contributed by atoms with Crippen molar-refractivity contribution in [2.75, 3.05) is 0 Å². The second-order valence-corrected chi connectivity index (χ2v) is 1.05. The minimum atomic E-state index is -5.08. The van der Waals surface area contributed by atoms with Crippen molar-refractivity contribution < 1.29 is 33.1 Å². The molecular formula is C3H4F3NO4. The maximum Gasteiger partial charge on any atom is 0.490 e. The SMILES string of the molecule is O=C(O)C(F)(F)F.O=CNO. The Morgan fingerprint density at radius 2 is 1.64 bits per heavy atom. The first-order chi connectivity index (χ1) is 4.86. The van der Waals surface area contributed by atoms with E-state index < -0.39 is 12.1 Å². The summed E-state index contributed by atoms with van der Waals surface area (Å²) in [5.41, 5.74) is 1.25. The normalized spacial score (nSPS) is 9.09. The standard InChI is InChI=1S/C2HF3O2.CH3NO2/c3-2(4,5)1(6)7;3-1-2-4/h(H,6,7);1,4H,(H,2,3). The van der Waals surface area contributed by atoms with E-state index in [0.717, 1.165) is 0 Å². The molecular weight excluding hydrogens is 171 g/mol. The van der Waals surface area contributed by atoms with Crippen molar-refractivity contribution in [1.29, 1.82) is 0 Å². The van der Waals surface area contributed by atoms with Gasteiger partial charge in [-0.3, -0.25) is 10.0 Å². The smallest absolute Gasteiger partial charge is 0.475 e. The second kappa shape index (κ2) is 5.47. The Balaban J connectivity index is 0. The van der Waals surface area contributed by atoms with Crippen LogP contribution in [0.1, 0.15) is 0 Å². The molecule has 0 atom stereocenters. The molecule has 0 aromatic carbocycles. The summed E-state index contributed by atoms with van der Waals surface area (Å²) in [5, 5.41) is 14.4. The third-order valence-corrected chi connectivity index (χ3v) is 0.295. The zero-order valence-electron chi connectivity index (χ0n) is 4.92. The van der Waals surface area contributed by atoms with Crippen molar-refractivity contribution in [3.05, 3.63) is 0 Å². The van der Waals surface area contributed by atoms with Crippen molar-refractivity contribution in [2.45, 2.75) is 6.18 Å². The van der Waals surface area contributed by atoms with E-state index in [1.807, 2.05) is 0 Å². The molecule has 0 bridgehead atoms. The van der Waals surface area contributed by atoms with Crippen LogP contribution in [-0.4, -0.2) is 28.9 Å². The zero-order valence-corrected chi connectivity index (χ0v) is 4.92. The van der Waals surface area contributed by atoms with Gasteiger partial charge in [0, 0.05) is 0 Å². The van der Waals surface area contributed by atoms with Gasteiger partial charge in [0.2, 0.25) is 6.41 Å². The zero-order chi connectivity index (χ0) is 9.49. The third kappa shape index (κ3) is 12.0. The van der Waals surface area contributed by atoms with Crippen LogP contribution < -0.4 is 5.48 Å². The van der Waals surface area contributed by atoms with Crippen LogP contribution in [0.3, 0.4) is 0 Å². The minimum Gasteiger partial charge on any atom is -0.475 e. The molecule has 0 radical (unpaired) electrons. The largest absolute Gasteiger partial charge is 0.490 e. The van der Waals surface area contributed by atoms with Gasteiger partial charge < -0.3 is 5.11 Å². The summed E-state index contributed by atoms with van der Waals surface area (Å²) < 4.78 is 31.7. The van der Waals surface area contributed by atoms with E-state index in [4.69, 9.17) is 19.9 Å². The summed E-state index contributed by atoms with van der Waals surface area (Å²) in [6.45, 7) is 0. The predicted molar refractivity (Wildman–Crippen MR) is 24.7 cm³/mol. The number of hydrogen-bond donors (Lipinski definition) is 3. The number of hydroxylamine groups is 1. The molecule has 0 aromatic rings. The van der Waals surface area contributed by atoms with Gasteiger partial charge in [0.15, 0.2) is 0 Å². The Morgan fingerprint density at radius 3 is 1.64 bits per heavy atom. The maximum absolute atomic E-state index is 10.6. The summed E-state index contributed by atoms with van der Waals surface area (Å²) in [6.07, 6.45) is -4.90. The number of carbonyl (C=O) groups is 2. The number of hydrogen-bond acceptors (Lipinski definition) is 3. The van der Waals surface area contributed by atoms with Crippen LogP contribution in [0.4, 0.5) is 13.2 Å². The fraction of sp³-hybridized carbons (Fsp3) is 0.333. The average molecular weight is 175 g/mol. The van der Waals surface area contributed by atoms with Gasteiger partial charge in [-0.15, -0.1) is 0 Å². The molecule has 0 heterocycles. The quantitative estimate of drug-likeness (QED) is 0.291. The van der Waals surface area contributed by atoms with Crippen LogP contribution in [-0.2, 0) is 9.59 Å². The Labute approximate surface area is 58.4 Å². The molecule has 5 nitrogen and oxygen atoms in total. The van der Waals surface area contributed by atoms with E-state index in [9.17, 15) is 13.2 Å². The van der Waals surface area contributed by atoms with Crippen molar-refractivity contribution >= 4 is 12.4 Å². The lowest BCUT2D eigenvalue weighted by molar-refractivity contribution is -0.192. The molecule has 11 heavy (non-hydrogen) atoms. The highest BCUT2D eigenvalue weighted by Gasteiger charge is 2.38. The van der Waals surface area contributed by atoms with Crippen LogP contribution in [0.5, 0.6) is 0 Å². The van der Waals surface area contributed by atoms with Gasteiger partial charge in [-0.25, -0.2) is 10.3 Å². The summed E-state index contributed by atoms with van der Waals surface area (Å²) in [6, 6.07) is 0. The van der Waals surface area contributed by atoms with E-state index in [2.05, 4.69) is 0 Å². The minimum absolute atomic E-state index is 0.181. The van der Waals surface area contributed by atoms with Crippen molar-refractivity contribution in [3.63, 3.8) is 0 Å². The summed E-state index contributed by atoms with van der Waals surface area (Å²) in [4.78, 5) is 17.7. The molecule has 0 spiro atoms.